The predicted octanol–water partition coefficient (Wildman–Crippen LogP) is -0.180. The SMILES string of the molecule is CC(C)(C)C1CC[N-]CC1.[Rb+]. The zero-order chi connectivity index (χ0) is 7.61. The third-order valence-corrected chi connectivity index (χ3v) is 2.50. The number of rotatable bonds is 0. The molecule has 0 aromatic heterocycles. The molecule has 0 radical (unpaired) electrons. The van der Waals surface area contributed by atoms with Crippen LogP contribution in [-0.4, -0.2) is 13.1 Å². The summed E-state index contributed by atoms with van der Waals surface area (Å²) in [5, 5.41) is 4.34. The molecule has 1 saturated heterocycles. The van der Waals surface area contributed by atoms with Gasteiger partial charge in [-0.05, 0) is 11.3 Å². The zero-order valence-electron chi connectivity index (χ0n) is 8.35. The molecule has 0 unspecified atom stereocenters. The maximum absolute atomic E-state index is 4.34. The monoisotopic (exact) mass is 225 g/mol. The first-order chi connectivity index (χ1) is 4.61. The van der Waals surface area contributed by atoms with E-state index in [1.807, 2.05) is 0 Å². The van der Waals surface area contributed by atoms with Crippen LogP contribution in [0.3, 0.4) is 0 Å². The first kappa shape index (κ1) is 12.8. The van der Waals surface area contributed by atoms with Crippen molar-refractivity contribution in [3.05, 3.63) is 5.32 Å². The van der Waals surface area contributed by atoms with Crippen molar-refractivity contribution in [1.82, 2.24) is 0 Å². The maximum atomic E-state index is 4.34. The number of nitrogens with zero attached hydrogens (tertiary/aromatic N) is 1. The fraction of sp³-hybridized carbons (Fsp3) is 1.00. The Balaban J connectivity index is 0.000001000. The van der Waals surface area contributed by atoms with E-state index in [1.54, 1.807) is 0 Å². The Morgan fingerprint density at radius 1 is 1.09 bits per heavy atom. The van der Waals surface area contributed by atoms with Crippen LogP contribution < -0.4 is 58.2 Å². The Hall–Kier alpha value is 1.77. The molecule has 1 nitrogen and oxygen atoms in total. The number of hydrogen-bond donors (Lipinski definition) is 0. The Bertz CT molecular complexity index is 101. The van der Waals surface area contributed by atoms with Crippen LogP contribution in [-0.2, 0) is 0 Å². The molecule has 0 N–H and O–H groups in total. The van der Waals surface area contributed by atoms with Crippen LogP contribution in [0.25, 0.3) is 5.32 Å². The van der Waals surface area contributed by atoms with Gasteiger partial charge >= 0.3 is 58.2 Å². The second-order valence-corrected chi connectivity index (χ2v) is 4.31. The van der Waals surface area contributed by atoms with E-state index in [-0.39, 0.29) is 58.2 Å². The molecule has 0 aliphatic carbocycles. The van der Waals surface area contributed by atoms with Crippen molar-refractivity contribution in [3.63, 3.8) is 0 Å². The molecule has 2 heteroatoms. The Morgan fingerprint density at radius 3 is 1.82 bits per heavy atom. The predicted molar refractivity (Wildman–Crippen MR) is 45.3 cm³/mol. The van der Waals surface area contributed by atoms with Gasteiger partial charge in [0.25, 0.3) is 0 Å². The van der Waals surface area contributed by atoms with Gasteiger partial charge < -0.3 is 5.32 Å². The van der Waals surface area contributed by atoms with E-state index in [0.29, 0.717) is 5.41 Å². The minimum Gasteiger partial charge on any atom is -0.662 e. The molecule has 60 valence electrons. The molecular weight excluding hydrogens is 208 g/mol. The molecule has 1 aliphatic rings. The standard InChI is InChI=1S/C9H18N.Rb/c1-9(2,3)8-4-6-10-7-5-8;/h8H,4-7H2,1-3H3;/q-1;+1. The fourth-order valence-corrected chi connectivity index (χ4v) is 1.62. The van der Waals surface area contributed by atoms with E-state index in [4.69, 9.17) is 0 Å². The van der Waals surface area contributed by atoms with Crippen LogP contribution in [0.15, 0.2) is 0 Å². The van der Waals surface area contributed by atoms with Gasteiger partial charge in [0.15, 0.2) is 0 Å². The molecule has 1 fully saturated rings. The molecule has 0 amide bonds. The van der Waals surface area contributed by atoms with Crippen LogP contribution in [0.4, 0.5) is 0 Å². The van der Waals surface area contributed by atoms with Gasteiger partial charge in [-0.1, -0.05) is 33.6 Å². The van der Waals surface area contributed by atoms with Gasteiger partial charge in [-0.3, -0.25) is 0 Å². The average Bonchev–Trinajstić information content (AvgIpc) is 1.88. The summed E-state index contributed by atoms with van der Waals surface area (Å²) in [4.78, 5) is 0. The van der Waals surface area contributed by atoms with Crippen molar-refractivity contribution in [2.45, 2.75) is 33.6 Å². The molecule has 0 aromatic carbocycles. The summed E-state index contributed by atoms with van der Waals surface area (Å²) in [6.45, 7) is 9.21. The first-order valence-electron chi connectivity index (χ1n) is 4.24. The van der Waals surface area contributed by atoms with Gasteiger partial charge in [0, 0.05) is 0 Å². The van der Waals surface area contributed by atoms with Gasteiger partial charge in [0.1, 0.15) is 0 Å². The van der Waals surface area contributed by atoms with Gasteiger partial charge in [-0.15, -0.1) is 13.1 Å². The van der Waals surface area contributed by atoms with E-state index >= 15 is 0 Å². The summed E-state index contributed by atoms with van der Waals surface area (Å²) < 4.78 is 0. The Labute approximate surface area is 119 Å². The van der Waals surface area contributed by atoms with Crippen molar-refractivity contribution in [3.8, 4) is 0 Å². The van der Waals surface area contributed by atoms with Crippen molar-refractivity contribution in [2.75, 3.05) is 13.1 Å². The molecule has 1 aliphatic heterocycles. The second kappa shape index (κ2) is 5.49. The molecule has 0 atom stereocenters. The smallest absolute Gasteiger partial charge is 0.662 e. The normalized spacial score (nSPS) is 21.0. The topological polar surface area (TPSA) is 14.1 Å². The van der Waals surface area contributed by atoms with E-state index < -0.39 is 0 Å². The summed E-state index contributed by atoms with van der Waals surface area (Å²) in [7, 11) is 0. The minimum absolute atomic E-state index is 0. The molecule has 1 heterocycles. The first-order valence-corrected chi connectivity index (χ1v) is 4.24. The van der Waals surface area contributed by atoms with Crippen LogP contribution in [0.5, 0.6) is 0 Å². The summed E-state index contributed by atoms with van der Waals surface area (Å²) in [6.07, 6.45) is 2.62. The van der Waals surface area contributed by atoms with Crippen molar-refractivity contribution in [2.24, 2.45) is 11.3 Å². The number of piperidine rings is 1. The van der Waals surface area contributed by atoms with Crippen LogP contribution in [0.1, 0.15) is 33.6 Å². The summed E-state index contributed by atoms with van der Waals surface area (Å²) >= 11 is 0. The quantitative estimate of drug-likeness (QED) is 0.543. The van der Waals surface area contributed by atoms with Crippen LogP contribution >= 0.6 is 0 Å². The number of hydrogen-bond acceptors (Lipinski definition) is 0. The summed E-state index contributed by atoms with van der Waals surface area (Å²) in [5.41, 5.74) is 0.510. The van der Waals surface area contributed by atoms with Crippen molar-refractivity contribution < 1.29 is 58.2 Å². The summed E-state index contributed by atoms with van der Waals surface area (Å²) in [5.74, 6) is 0.907. The third-order valence-electron chi connectivity index (χ3n) is 2.50. The summed E-state index contributed by atoms with van der Waals surface area (Å²) in [6, 6.07) is 0. The van der Waals surface area contributed by atoms with Gasteiger partial charge in [0.2, 0.25) is 0 Å². The molecule has 1 rings (SSSR count). The van der Waals surface area contributed by atoms with Crippen LogP contribution in [0, 0.1) is 11.3 Å². The van der Waals surface area contributed by atoms with Crippen molar-refractivity contribution >= 4 is 0 Å². The Morgan fingerprint density at radius 2 is 1.55 bits per heavy atom. The maximum Gasteiger partial charge on any atom is 1.00 e. The van der Waals surface area contributed by atoms with Crippen LogP contribution in [0.2, 0.25) is 0 Å². The molecular formula is C9H18NRb. The minimum atomic E-state index is 0. The van der Waals surface area contributed by atoms with Gasteiger partial charge in [-0.25, -0.2) is 0 Å². The molecule has 11 heavy (non-hydrogen) atoms. The largest absolute Gasteiger partial charge is 1.00 e. The third kappa shape index (κ3) is 4.51. The average molecular weight is 226 g/mol. The zero-order valence-corrected chi connectivity index (χ0v) is 13.3. The van der Waals surface area contributed by atoms with Gasteiger partial charge in [0.05, 0.1) is 0 Å². The fourth-order valence-electron chi connectivity index (χ4n) is 1.62. The second-order valence-electron chi connectivity index (χ2n) is 4.31. The molecule has 0 spiro atoms. The Kier molecular flexibility index (Phi) is 6.37. The van der Waals surface area contributed by atoms with E-state index in [2.05, 4.69) is 26.1 Å². The molecule has 0 saturated carbocycles. The van der Waals surface area contributed by atoms with Crippen molar-refractivity contribution in [1.29, 1.82) is 0 Å². The van der Waals surface area contributed by atoms with E-state index in [1.165, 1.54) is 12.8 Å². The van der Waals surface area contributed by atoms with E-state index in [9.17, 15) is 0 Å². The van der Waals surface area contributed by atoms with E-state index in [0.717, 1.165) is 19.0 Å². The van der Waals surface area contributed by atoms with Gasteiger partial charge in [-0.2, -0.15) is 0 Å². The molecule has 0 bridgehead atoms. The molecule has 0 aromatic rings.